The summed E-state index contributed by atoms with van der Waals surface area (Å²) in [5.41, 5.74) is 5.41. The van der Waals surface area contributed by atoms with Crippen molar-refractivity contribution < 1.29 is 14.6 Å². The third-order valence-corrected chi connectivity index (χ3v) is 6.21. The molecule has 3 aromatic rings. The van der Waals surface area contributed by atoms with Gasteiger partial charge in [-0.15, -0.1) is 0 Å². The van der Waals surface area contributed by atoms with E-state index in [1.807, 2.05) is 48.2 Å². The number of aromatic nitrogens is 2. The summed E-state index contributed by atoms with van der Waals surface area (Å²) in [7, 11) is 1.38. The fraction of sp³-hybridized carbons (Fsp3) is 0.292. The van der Waals surface area contributed by atoms with E-state index >= 15 is 0 Å². The molecule has 2 aromatic heterocycles. The first kappa shape index (κ1) is 22.0. The lowest BCUT2D eigenvalue weighted by Crippen LogP contribution is -2.32. The molecular weight excluding hydrogens is 424 g/mol. The number of thiocarbonyl (C=S) groups is 1. The summed E-state index contributed by atoms with van der Waals surface area (Å²) in [5.74, 6) is -0.371. The molecule has 0 aliphatic carbocycles. The smallest absolute Gasteiger partial charge is 0.337 e. The fourth-order valence-corrected chi connectivity index (χ4v) is 4.80. The van der Waals surface area contributed by atoms with E-state index in [0.717, 1.165) is 28.3 Å². The Balaban J connectivity index is 1.82. The minimum atomic E-state index is -0.371. The number of esters is 1. The molecule has 1 fully saturated rings. The Morgan fingerprint density at radius 1 is 1.22 bits per heavy atom. The molecule has 0 bridgehead atoms. The van der Waals surface area contributed by atoms with Gasteiger partial charge in [-0.05, 0) is 68.0 Å². The van der Waals surface area contributed by atoms with Crippen LogP contribution in [0.3, 0.4) is 0 Å². The molecule has 1 aromatic carbocycles. The predicted octanol–water partition coefficient (Wildman–Crippen LogP) is 3.24. The zero-order valence-electron chi connectivity index (χ0n) is 18.3. The van der Waals surface area contributed by atoms with Gasteiger partial charge in [0.2, 0.25) is 0 Å². The molecule has 2 atom stereocenters. The second-order valence-corrected chi connectivity index (χ2v) is 8.13. The quantitative estimate of drug-likeness (QED) is 0.441. The molecule has 0 spiro atoms. The van der Waals surface area contributed by atoms with E-state index in [1.165, 1.54) is 7.11 Å². The molecule has 1 aliphatic heterocycles. The van der Waals surface area contributed by atoms with Crippen LogP contribution < -0.4 is 5.32 Å². The Kier molecular flexibility index (Phi) is 6.25. The van der Waals surface area contributed by atoms with Crippen molar-refractivity contribution in [1.29, 1.82) is 0 Å². The molecule has 32 heavy (non-hydrogen) atoms. The van der Waals surface area contributed by atoms with Crippen LogP contribution in [0.25, 0.3) is 5.69 Å². The van der Waals surface area contributed by atoms with Gasteiger partial charge in [0, 0.05) is 29.8 Å². The summed E-state index contributed by atoms with van der Waals surface area (Å²) in [6, 6.07) is 15.1. The highest BCUT2D eigenvalue weighted by molar-refractivity contribution is 7.80. The molecule has 2 N–H and O–H groups in total. The Labute approximate surface area is 192 Å². The number of nitrogens with one attached hydrogen (secondary N) is 1. The van der Waals surface area contributed by atoms with Crippen LogP contribution in [0.2, 0.25) is 0 Å². The van der Waals surface area contributed by atoms with Gasteiger partial charge in [-0.2, -0.15) is 0 Å². The number of rotatable bonds is 6. The highest BCUT2D eigenvalue weighted by Crippen LogP contribution is 2.41. The van der Waals surface area contributed by atoms with E-state index < -0.39 is 0 Å². The molecule has 3 heterocycles. The van der Waals surface area contributed by atoms with E-state index in [4.69, 9.17) is 17.0 Å². The second kappa shape index (κ2) is 9.10. The Hall–Kier alpha value is -3.23. The summed E-state index contributed by atoms with van der Waals surface area (Å²) in [6.07, 6.45) is 1.77. The van der Waals surface area contributed by atoms with E-state index in [2.05, 4.69) is 27.9 Å². The van der Waals surface area contributed by atoms with Crippen molar-refractivity contribution >= 4 is 23.3 Å². The number of hydrogen-bond acceptors (Lipinski definition) is 5. The summed E-state index contributed by atoms with van der Waals surface area (Å²) >= 11 is 5.61. The van der Waals surface area contributed by atoms with Crippen LogP contribution in [-0.2, 0) is 4.74 Å². The van der Waals surface area contributed by atoms with Gasteiger partial charge < -0.3 is 24.6 Å². The van der Waals surface area contributed by atoms with Crippen molar-refractivity contribution in [3.8, 4) is 5.69 Å². The van der Waals surface area contributed by atoms with Gasteiger partial charge in [0.15, 0.2) is 5.11 Å². The van der Waals surface area contributed by atoms with Crippen molar-refractivity contribution in [1.82, 2.24) is 19.8 Å². The van der Waals surface area contributed by atoms with Gasteiger partial charge in [0.05, 0.1) is 37.1 Å². The molecule has 0 saturated carbocycles. The van der Waals surface area contributed by atoms with Crippen LogP contribution in [0.1, 0.15) is 45.1 Å². The van der Waals surface area contributed by atoms with E-state index in [9.17, 15) is 9.90 Å². The number of pyridine rings is 1. The maximum atomic E-state index is 12.0. The lowest BCUT2D eigenvalue weighted by Gasteiger charge is -2.27. The van der Waals surface area contributed by atoms with Crippen LogP contribution in [0.15, 0.2) is 54.7 Å². The fourth-order valence-electron chi connectivity index (χ4n) is 4.47. The average molecular weight is 451 g/mol. The summed E-state index contributed by atoms with van der Waals surface area (Å²) in [4.78, 5) is 18.6. The first-order valence-electron chi connectivity index (χ1n) is 10.4. The van der Waals surface area contributed by atoms with Crippen molar-refractivity contribution in [2.75, 3.05) is 20.3 Å². The maximum absolute atomic E-state index is 12.0. The standard InChI is InChI=1S/C24H26N4O3S/c1-15-13-19(16(2)28(15)18-8-6-7-17(14-18)23(30)31-3)22-21(20-9-4-5-10-25-20)26-24(32)27(22)11-12-29/h4-10,13-14,21-22,29H,11-12H2,1-3H3,(H,26,32)/t21-,22+/m0/s1. The number of β-amino-alcohol motifs (C(OH)–C–C–N with tert-alkyl or cyclic N) is 1. The van der Waals surface area contributed by atoms with Gasteiger partial charge in [-0.25, -0.2) is 4.79 Å². The summed E-state index contributed by atoms with van der Waals surface area (Å²) in [5, 5.41) is 13.7. The van der Waals surface area contributed by atoms with Gasteiger partial charge in [-0.3, -0.25) is 4.98 Å². The lowest BCUT2D eigenvalue weighted by molar-refractivity contribution is 0.0600. The average Bonchev–Trinajstić information content (AvgIpc) is 3.29. The molecule has 1 saturated heterocycles. The highest BCUT2D eigenvalue weighted by atomic mass is 32.1. The highest BCUT2D eigenvalue weighted by Gasteiger charge is 2.41. The third-order valence-electron chi connectivity index (χ3n) is 5.85. The zero-order valence-corrected chi connectivity index (χ0v) is 19.1. The van der Waals surface area contributed by atoms with E-state index in [0.29, 0.717) is 17.2 Å². The Morgan fingerprint density at radius 2 is 2.03 bits per heavy atom. The Bertz CT molecular complexity index is 1150. The molecule has 8 heteroatoms. The molecule has 0 amide bonds. The van der Waals surface area contributed by atoms with E-state index in [1.54, 1.807) is 12.3 Å². The minimum Gasteiger partial charge on any atom is -0.465 e. The molecule has 0 radical (unpaired) electrons. The number of methoxy groups -OCH3 is 1. The van der Waals surface area contributed by atoms with Crippen LogP contribution in [0.5, 0.6) is 0 Å². The van der Waals surface area contributed by atoms with Crippen LogP contribution in [0.4, 0.5) is 0 Å². The van der Waals surface area contributed by atoms with Crippen LogP contribution >= 0.6 is 12.2 Å². The summed E-state index contributed by atoms with van der Waals surface area (Å²) < 4.78 is 7.00. The number of aliphatic hydroxyl groups is 1. The van der Waals surface area contributed by atoms with Gasteiger partial charge in [0.25, 0.3) is 0 Å². The third kappa shape index (κ3) is 3.87. The minimum absolute atomic E-state index is 0.00677. The van der Waals surface area contributed by atoms with Gasteiger partial charge in [0.1, 0.15) is 0 Å². The van der Waals surface area contributed by atoms with Crippen molar-refractivity contribution in [3.63, 3.8) is 0 Å². The molecule has 0 unspecified atom stereocenters. The molecular formula is C24H26N4O3S. The predicted molar refractivity (Wildman–Crippen MR) is 126 cm³/mol. The number of benzene rings is 1. The monoisotopic (exact) mass is 450 g/mol. The Morgan fingerprint density at radius 3 is 2.72 bits per heavy atom. The van der Waals surface area contributed by atoms with Crippen molar-refractivity contribution in [2.45, 2.75) is 25.9 Å². The van der Waals surface area contributed by atoms with Gasteiger partial charge in [-0.1, -0.05) is 12.1 Å². The SMILES string of the molecule is COC(=O)c1cccc(-n2c(C)cc([C@@H]3[C@H](c4ccccn4)NC(=S)N3CCO)c2C)c1. The lowest BCUT2D eigenvalue weighted by atomic mass is 9.97. The molecule has 166 valence electrons. The topological polar surface area (TPSA) is 79.6 Å². The zero-order chi connectivity index (χ0) is 22.8. The molecule has 1 aliphatic rings. The first-order valence-corrected chi connectivity index (χ1v) is 10.8. The van der Waals surface area contributed by atoms with Crippen molar-refractivity contribution in [2.24, 2.45) is 0 Å². The van der Waals surface area contributed by atoms with Crippen LogP contribution in [0, 0.1) is 13.8 Å². The number of carbonyl (C=O) groups is 1. The first-order chi connectivity index (χ1) is 15.5. The van der Waals surface area contributed by atoms with Gasteiger partial charge >= 0.3 is 5.97 Å². The van der Waals surface area contributed by atoms with Crippen molar-refractivity contribution in [3.05, 3.63) is 82.9 Å². The number of ether oxygens (including phenoxy) is 1. The second-order valence-electron chi connectivity index (χ2n) is 7.75. The van der Waals surface area contributed by atoms with Crippen LogP contribution in [-0.4, -0.2) is 50.9 Å². The number of aliphatic hydroxyl groups excluding tert-OH is 1. The van der Waals surface area contributed by atoms with E-state index in [-0.39, 0.29) is 24.7 Å². The maximum Gasteiger partial charge on any atom is 0.337 e. The largest absolute Gasteiger partial charge is 0.465 e. The number of hydrogen-bond donors (Lipinski definition) is 2. The summed E-state index contributed by atoms with van der Waals surface area (Å²) in [6.45, 7) is 4.50. The normalized spacial score (nSPS) is 18.0. The number of carbonyl (C=O) groups excluding carboxylic acids is 1. The number of aryl methyl sites for hydroxylation is 1. The molecule has 4 rings (SSSR count). The molecule has 7 nitrogen and oxygen atoms in total. The number of nitrogens with zero attached hydrogens (tertiary/aromatic N) is 3.